The van der Waals surface area contributed by atoms with Crippen molar-refractivity contribution in [3.8, 4) is 0 Å². The average molecular weight is 511 g/mol. The summed E-state index contributed by atoms with van der Waals surface area (Å²) in [5, 5.41) is 5.38. The molecule has 0 unspecified atom stereocenters. The number of nitrogens with zero attached hydrogens (tertiary/aromatic N) is 2. The summed E-state index contributed by atoms with van der Waals surface area (Å²) in [5.41, 5.74) is 0.638. The number of unbranched alkanes of at least 4 members (excludes halogenated alkanes) is 1. The molecule has 2 rings (SSSR count). The van der Waals surface area contributed by atoms with E-state index >= 15 is 0 Å². The third-order valence-electron chi connectivity index (χ3n) is 4.85. The molecule has 0 bridgehead atoms. The maximum atomic E-state index is 12.7. The fourth-order valence-electron chi connectivity index (χ4n) is 2.98. The summed E-state index contributed by atoms with van der Waals surface area (Å²) in [5.74, 6) is -1.01. The molecule has 186 valence electrons. The molecule has 0 saturated carbocycles. The second-order valence-corrected chi connectivity index (χ2v) is 11.8. The number of amides is 2. The number of anilines is 2. The van der Waals surface area contributed by atoms with E-state index in [1.165, 1.54) is 38.4 Å². The summed E-state index contributed by atoms with van der Waals surface area (Å²) in [7, 11) is -4.80. The highest BCUT2D eigenvalue weighted by molar-refractivity contribution is 7.92. The van der Waals surface area contributed by atoms with E-state index in [0.717, 1.165) is 27.7 Å². The molecular formula is C22H30N4O6S2. The summed E-state index contributed by atoms with van der Waals surface area (Å²) in [6.07, 6.45) is 2.68. The molecular weight excluding hydrogens is 480 g/mol. The third-order valence-corrected chi connectivity index (χ3v) is 7.82. The van der Waals surface area contributed by atoms with Crippen molar-refractivity contribution in [2.24, 2.45) is 0 Å². The molecule has 2 N–H and O–H groups in total. The van der Waals surface area contributed by atoms with Gasteiger partial charge in [-0.15, -0.1) is 0 Å². The first kappa shape index (κ1) is 27.3. The van der Waals surface area contributed by atoms with Gasteiger partial charge in [0.05, 0.1) is 28.1 Å². The predicted molar refractivity (Wildman–Crippen MR) is 132 cm³/mol. The molecule has 2 aromatic carbocycles. The van der Waals surface area contributed by atoms with Gasteiger partial charge in [-0.05, 0) is 42.8 Å². The summed E-state index contributed by atoms with van der Waals surface area (Å²) >= 11 is 0. The average Bonchev–Trinajstić information content (AvgIpc) is 2.77. The highest BCUT2D eigenvalue weighted by atomic mass is 32.2. The van der Waals surface area contributed by atoms with E-state index in [1.807, 2.05) is 6.92 Å². The Morgan fingerprint density at radius 1 is 0.941 bits per heavy atom. The maximum absolute atomic E-state index is 12.7. The first-order chi connectivity index (χ1) is 15.9. The van der Waals surface area contributed by atoms with Crippen molar-refractivity contribution in [2.75, 3.05) is 43.1 Å². The van der Waals surface area contributed by atoms with E-state index in [4.69, 9.17) is 0 Å². The van der Waals surface area contributed by atoms with Crippen molar-refractivity contribution in [1.29, 1.82) is 0 Å². The lowest BCUT2D eigenvalue weighted by Gasteiger charge is -2.22. The molecule has 2 aromatic rings. The second-order valence-electron chi connectivity index (χ2n) is 7.75. The van der Waals surface area contributed by atoms with Crippen LogP contribution in [0, 0.1) is 0 Å². The highest BCUT2D eigenvalue weighted by Crippen LogP contribution is 2.22. The van der Waals surface area contributed by atoms with Gasteiger partial charge >= 0.3 is 0 Å². The molecule has 34 heavy (non-hydrogen) atoms. The Bertz CT molecular complexity index is 1230. The standard InChI is InChI=1S/C22H30N4O6S2/c1-5-6-15-23-22(28)19-9-7-8-10-20(19)24-21(27)16-26(33(4,29)30)17-11-13-18(14-12-17)34(31,32)25(2)3/h7-14H,5-6,15-16H2,1-4H3,(H,23,28)(H,24,27). The molecule has 0 aromatic heterocycles. The summed E-state index contributed by atoms with van der Waals surface area (Å²) < 4.78 is 51.2. The van der Waals surface area contributed by atoms with Crippen LogP contribution in [0.4, 0.5) is 11.4 Å². The Hall–Kier alpha value is -2.96. The van der Waals surface area contributed by atoms with E-state index in [0.29, 0.717) is 6.54 Å². The molecule has 0 spiro atoms. The van der Waals surface area contributed by atoms with E-state index in [1.54, 1.807) is 24.3 Å². The van der Waals surface area contributed by atoms with Crippen molar-refractivity contribution >= 4 is 43.2 Å². The Labute approximate surface area is 201 Å². The normalized spacial score (nSPS) is 11.8. The number of para-hydroxylation sites is 1. The van der Waals surface area contributed by atoms with Crippen LogP contribution in [0.3, 0.4) is 0 Å². The molecule has 12 heteroatoms. The van der Waals surface area contributed by atoms with Gasteiger partial charge in [-0.3, -0.25) is 13.9 Å². The first-order valence-corrected chi connectivity index (χ1v) is 13.8. The number of sulfonamides is 2. The predicted octanol–water partition coefficient (Wildman–Crippen LogP) is 1.87. The van der Waals surface area contributed by atoms with Crippen LogP contribution < -0.4 is 14.9 Å². The van der Waals surface area contributed by atoms with Crippen molar-refractivity contribution in [3.05, 3.63) is 54.1 Å². The fraction of sp³-hybridized carbons (Fsp3) is 0.364. The third kappa shape index (κ3) is 7.02. The van der Waals surface area contributed by atoms with Crippen molar-refractivity contribution in [3.63, 3.8) is 0 Å². The number of carbonyl (C=O) groups excluding carboxylic acids is 2. The van der Waals surface area contributed by atoms with Crippen LogP contribution in [0.5, 0.6) is 0 Å². The van der Waals surface area contributed by atoms with Gasteiger partial charge < -0.3 is 10.6 Å². The molecule has 0 aliphatic rings. The van der Waals surface area contributed by atoms with Gasteiger partial charge in [0, 0.05) is 20.6 Å². The minimum atomic E-state index is -3.88. The first-order valence-electron chi connectivity index (χ1n) is 10.5. The zero-order valence-corrected chi connectivity index (χ0v) is 21.2. The number of rotatable bonds is 11. The summed E-state index contributed by atoms with van der Waals surface area (Å²) in [6.45, 7) is 1.94. The molecule has 0 saturated heterocycles. The van der Waals surface area contributed by atoms with Crippen LogP contribution in [0.2, 0.25) is 0 Å². The molecule has 0 radical (unpaired) electrons. The highest BCUT2D eigenvalue weighted by Gasteiger charge is 2.23. The number of carbonyl (C=O) groups is 2. The fourth-order valence-corrected chi connectivity index (χ4v) is 4.74. The molecule has 0 heterocycles. The largest absolute Gasteiger partial charge is 0.352 e. The quantitative estimate of drug-likeness (QED) is 0.444. The maximum Gasteiger partial charge on any atom is 0.253 e. The minimum absolute atomic E-state index is 0.0119. The molecule has 10 nitrogen and oxygen atoms in total. The van der Waals surface area contributed by atoms with Crippen LogP contribution in [-0.4, -0.2) is 66.4 Å². The van der Waals surface area contributed by atoms with Crippen LogP contribution in [0.25, 0.3) is 0 Å². The monoisotopic (exact) mass is 510 g/mol. The second kappa shape index (κ2) is 11.4. The van der Waals surface area contributed by atoms with Crippen molar-refractivity contribution in [2.45, 2.75) is 24.7 Å². The van der Waals surface area contributed by atoms with Crippen LogP contribution in [0.1, 0.15) is 30.1 Å². The Morgan fingerprint density at radius 2 is 1.56 bits per heavy atom. The zero-order valence-electron chi connectivity index (χ0n) is 19.6. The van der Waals surface area contributed by atoms with Crippen LogP contribution >= 0.6 is 0 Å². The van der Waals surface area contributed by atoms with Crippen molar-refractivity contribution < 1.29 is 26.4 Å². The minimum Gasteiger partial charge on any atom is -0.352 e. The Morgan fingerprint density at radius 3 is 2.12 bits per heavy atom. The van der Waals surface area contributed by atoms with Gasteiger partial charge in [0.25, 0.3) is 5.91 Å². The van der Waals surface area contributed by atoms with E-state index in [9.17, 15) is 26.4 Å². The summed E-state index contributed by atoms with van der Waals surface area (Å²) in [4.78, 5) is 25.2. The van der Waals surface area contributed by atoms with Crippen LogP contribution in [0.15, 0.2) is 53.4 Å². The Kier molecular flexibility index (Phi) is 9.19. The van der Waals surface area contributed by atoms with Gasteiger partial charge in [0.1, 0.15) is 6.54 Å². The lowest BCUT2D eigenvalue weighted by molar-refractivity contribution is -0.114. The Balaban J connectivity index is 2.24. The number of hydrogen-bond acceptors (Lipinski definition) is 6. The SMILES string of the molecule is CCCCNC(=O)c1ccccc1NC(=O)CN(c1ccc(S(=O)(=O)N(C)C)cc1)S(C)(=O)=O. The topological polar surface area (TPSA) is 133 Å². The molecule has 0 atom stereocenters. The smallest absolute Gasteiger partial charge is 0.253 e. The van der Waals surface area contributed by atoms with E-state index in [2.05, 4.69) is 10.6 Å². The van der Waals surface area contributed by atoms with Gasteiger partial charge in [-0.25, -0.2) is 21.1 Å². The van der Waals surface area contributed by atoms with Crippen molar-refractivity contribution in [1.82, 2.24) is 9.62 Å². The van der Waals surface area contributed by atoms with Crippen LogP contribution in [-0.2, 0) is 24.8 Å². The molecule has 2 amide bonds. The summed E-state index contributed by atoms with van der Waals surface area (Å²) in [6, 6.07) is 11.6. The van der Waals surface area contributed by atoms with Gasteiger partial charge in [0.2, 0.25) is 26.0 Å². The van der Waals surface area contributed by atoms with Gasteiger partial charge in [-0.2, -0.15) is 0 Å². The number of benzene rings is 2. The zero-order chi connectivity index (χ0) is 25.5. The number of nitrogens with one attached hydrogen (secondary N) is 2. The molecule has 0 aliphatic carbocycles. The molecule has 0 aliphatic heterocycles. The molecule has 0 fully saturated rings. The lowest BCUT2D eigenvalue weighted by atomic mass is 10.1. The van der Waals surface area contributed by atoms with E-state index < -0.39 is 32.5 Å². The lowest BCUT2D eigenvalue weighted by Crippen LogP contribution is -2.37. The van der Waals surface area contributed by atoms with E-state index in [-0.39, 0.29) is 27.7 Å². The van der Waals surface area contributed by atoms with Gasteiger partial charge in [0.15, 0.2) is 0 Å². The number of hydrogen-bond donors (Lipinski definition) is 2. The van der Waals surface area contributed by atoms with Gasteiger partial charge in [-0.1, -0.05) is 25.5 Å².